The Balaban J connectivity index is 2.47. The van der Waals surface area contributed by atoms with Gasteiger partial charge in [0.2, 0.25) is 0 Å². The van der Waals surface area contributed by atoms with Crippen LogP contribution < -0.4 is 0 Å². The van der Waals surface area contributed by atoms with E-state index in [0.29, 0.717) is 0 Å². The van der Waals surface area contributed by atoms with Crippen LogP contribution in [0.1, 0.15) is 33.6 Å². The standard InChI is InChI=1S/C14H24O2/c1-5-15-10-14(11-16-6-2)8-13(9-14)7-12(3)4/h7H,3,5-6,8-11H2,1-2,4H3. The molecular formula is C14H24O2. The molecule has 1 rings (SSSR count). The van der Waals surface area contributed by atoms with E-state index >= 15 is 0 Å². The fourth-order valence-electron chi connectivity index (χ4n) is 2.25. The first-order chi connectivity index (χ1) is 7.62. The molecule has 0 saturated heterocycles. The van der Waals surface area contributed by atoms with Crippen molar-refractivity contribution in [1.29, 1.82) is 0 Å². The Hall–Kier alpha value is -0.600. The molecule has 0 atom stereocenters. The molecule has 0 unspecified atom stereocenters. The van der Waals surface area contributed by atoms with Crippen LogP contribution in [0.25, 0.3) is 0 Å². The van der Waals surface area contributed by atoms with Gasteiger partial charge in [-0.15, -0.1) is 0 Å². The summed E-state index contributed by atoms with van der Waals surface area (Å²) in [5.41, 5.74) is 2.84. The second kappa shape index (κ2) is 6.21. The Kier molecular flexibility index (Phi) is 5.23. The minimum atomic E-state index is 0.229. The Morgan fingerprint density at radius 2 is 1.75 bits per heavy atom. The number of rotatable bonds is 7. The first-order valence-electron chi connectivity index (χ1n) is 6.12. The summed E-state index contributed by atoms with van der Waals surface area (Å²) in [5, 5.41) is 0. The molecule has 0 radical (unpaired) electrons. The molecule has 0 N–H and O–H groups in total. The Labute approximate surface area is 99.3 Å². The van der Waals surface area contributed by atoms with E-state index in [2.05, 4.69) is 12.7 Å². The molecule has 0 aromatic heterocycles. The summed E-state index contributed by atoms with van der Waals surface area (Å²) in [4.78, 5) is 0. The van der Waals surface area contributed by atoms with E-state index in [1.165, 1.54) is 5.57 Å². The van der Waals surface area contributed by atoms with Crippen LogP contribution in [0, 0.1) is 5.41 Å². The van der Waals surface area contributed by atoms with E-state index in [1.54, 1.807) is 0 Å². The quantitative estimate of drug-likeness (QED) is 0.660. The van der Waals surface area contributed by atoms with Gasteiger partial charge < -0.3 is 9.47 Å². The summed E-state index contributed by atoms with van der Waals surface area (Å²) in [6.45, 7) is 13.2. The van der Waals surface area contributed by atoms with E-state index < -0.39 is 0 Å². The highest BCUT2D eigenvalue weighted by molar-refractivity contribution is 5.27. The van der Waals surface area contributed by atoms with Crippen molar-refractivity contribution in [3.8, 4) is 0 Å². The largest absolute Gasteiger partial charge is 0.381 e. The first-order valence-corrected chi connectivity index (χ1v) is 6.12. The lowest BCUT2D eigenvalue weighted by Gasteiger charge is -2.43. The molecule has 0 aromatic rings. The summed E-state index contributed by atoms with van der Waals surface area (Å²) in [6, 6.07) is 0. The minimum Gasteiger partial charge on any atom is -0.381 e. The summed E-state index contributed by atoms with van der Waals surface area (Å²) < 4.78 is 11.1. The topological polar surface area (TPSA) is 18.5 Å². The number of hydrogen-bond donors (Lipinski definition) is 0. The Bertz CT molecular complexity index is 248. The van der Waals surface area contributed by atoms with Crippen LogP contribution in [0.15, 0.2) is 23.8 Å². The molecule has 1 fully saturated rings. The van der Waals surface area contributed by atoms with Crippen molar-refractivity contribution in [2.75, 3.05) is 26.4 Å². The second-order valence-corrected chi connectivity index (χ2v) is 4.78. The third-order valence-corrected chi connectivity index (χ3v) is 2.88. The van der Waals surface area contributed by atoms with Gasteiger partial charge in [0.1, 0.15) is 0 Å². The maximum Gasteiger partial charge on any atom is 0.0550 e. The fourth-order valence-corrected chi connectivity index (χ4v) is 2.25. The summed E-state index contributed by atoms with van der Waals surface area (Å²) in [5.74, 6) is 0. The van der Waals surface area contributed by atoms with E-state index in [0.717, 1.165) is 44.8 Å². The second-order valence-electron chi connectivity index (χ2n) is 4.78. The van der Waals surface area contributed by atoms with E-state index in [1.807, 2.05) is 20.8 Å². The van der Waals surface area contributed by atoms with Gasteiger partial charge in [-0.3, -0.25) is 0 Å². The molecule has 2 nitrogen and oxygen atoms in total. The lowest BCUT2D eigenvalue weighted by atomic mass is 9.66. The highest BCUT2D eigenvalue weighted by atomic mass is 16.5. The zero-order valence-electron chi connectivity index (χ0n) is 10.8. The monoisotopic (exact) mass is 224 g/mol. The van der Waals surface area contributed by atoms with Gasteiger partial charge in [0.05, 0.1) is 13.2 Å². The van der Waals surface area contributed by atoms with Gasteiger partial charge in [0.15, 0.2) is 0 Å². The van der Waals surface area contributed by atoms with Gasteiger partial charge in [-0.2, -0.15) is 0 Å². The molecular weight excluding hydrogens is 200 g/mol. The van der Waals surface area contributed by atoms with Crippen LogP contribution >= 0.6 is 0 Å². The lowest BCUT2D eigenvalue weighted by molar-refractivity contribution is -0.0386. The molecule has 0 aromatic carbocycles. The molecule has 0 bridgehead atoms. The molecule has 92 valence electrons. The van der Waals surface area contributed by atoms with E-state index in [9.17, 15) is 0 Å². The molecule has 0 heterocycles. The highest BCUT2D eigenvalue weighted by Gasteiger charge is 2.40. The van der Waals surface area contributed by atoms with E-state index in [-0.39, 0.29) is 5.41 Å². The highest BCUT2D eigenvalue weighted by Crippen LogP contribution is 2.46. The molecule has 2 heteroatoms. The smallest absolute Gasteiger partial charge is 0.0550 e. The first kappa shape index (κ1) is 13.5. The normalized spacial score (nSPS) is 18.1. The molecule has 0 aliphatic heterocycles. The van der Waals surface area contributed by atoms with Crippen molar-refractivity contribution in [1.82, 2.24) is 0 Å². The molecule has 1 aliphatic carbocycles. The van der Waals surface area contributed by atoms with Crippen molar-refractivity contribution < 1.29 is 9.47 Å². The van der Waals surface area contributed by atoms with Crippen molar-refractivity contribution in [3.05, 3.63) is 23.8 Å². The predicted molar refractivity (Wildman–Crippen MR) is 67.6 cm³/mol. The van der Waals surface area contributed by atoms with Gasteiger partial charge in [0.25, 0.3) is 0 Å². The van der Waals surface area contributed by atoms with Crippen LogP contribution in [0.4, 0.5) is 0 Å². The SMILES string of the molecule is C=C(C)C=C1CC(COCC)(COCC)C1. The predicted octanol–water partition coefficient (Wildman–Crippen LogP) is 3.34. The fraction of sp³-hybridized carbons (Fsp3) is 0.714. The summed E-state index contributed by atoms with van der Waals surface area (Å²) in [6.07, 6.45) is 4.38. The summed E-state index contributed by atoms with van der Waals surface area (Å²) >= 11 is 0. The number of hydrogen-bond acceptors (Lipinski definition) is 2. The zero-order chi connectivity index (χ0) is 12.0. The van der Waals surface area contributed by atoms with Crippen LogP contribution in [0.3, 0.4) is 0 Å². The van der Waals surface area contributed by atoms with Gasteiger partial charge in [0, 0.05) is 18.6 Å². The number of ether oxygens (including phenoxy) is 2. The van der Waals surface area contributed by atoms with Crippen molar-refractivity contribution >= 4 is 0 Å². The van der Waals surface area contributed by atoms with Crippen molar-refractivity contribution in [2.45, 2.75) is 33.6 Å². The molecule has 0 spiro atoms. The van der Waals surface area contributed by atoms with Gasteiger partial charge in [-0.1, -0.05) is 23.8 Å². The van der Waals surface area contributed by atoms with Crippen molar-refractivity contribution in [2.24, 2.45) is 5.41 Å². The average Bonchev–Trinajstić information content (AvgIpc) is 2.19. The minimum absolute atomic E-state index is 0.229. The van der Waals surface area contributed by atoms with Crippen LogP contribution in [-0.4, -0.2) is 26.4 Å². The third kappa shape index (κ3) is 3.76. The molecule has 1 aliphatic rings. The van der Waals surface area contributed by atoms with E-state index in [4.69, 9.17) is 9.47 Å². The van der Waals surface area contributed by atoms with Gasteiger partial charge in [-0.25, -0.2) is 0 Å². The van der Waals surface area contributed by atoms with Crippen molar-refractivity contribution in [3.63, 3.8) is 0 Å². The van der Waals surface area contributed by atoms with Crippen LogP contribution in [-0.2, 0) is 9.47 Å². The van der Waals surface area contributed by atoms with Gasteiger partial charge >= 0.3 is 0 Å². The maximum absolute atomic E-state index is 5.56. The zero-order valence-corrected chi connectivity index (χ0v) is 10.8. The van der Waals surface area contributed by atoms with Crippen LogP contribution in [0.5, 0.6) is 0 Å². The maximum atomic E-state index is 5.56. The Morgan fingerprint density at radius 3 is 2.12 bits per heavy atom. The third-order valence-electron chi connectivity index (χ3n) is 2.88. The molecule has 1 saturated carbocycles. The van der Waals surface area contributed by atoms with Gasteiger partial charge in [-0.05, 0) is 33.6 Å². The average molecular weight is 224 g/mol. The number of allylic oxidation sites excluding steroid dienone is 3. The Morgan fingerprint density at radius 1 is 1.25 bits per heavy atom. The summed E-state index contributed by atoms with van der Waals surface area (Å²) in [7, 11) is 0. The molecule has 0 amide bonds. The van der Waals surface area contributed by atoms with Crippen LogP contribution in [0.2, 0.25) is 0 Å². The molecule has 16 heavy (non-hydrogen) atoms. The lowest BCUT2D eigenvalue weighted by Crippen LogP contribution is -2.40.